The predicted molar refractivity (Wildman–Crippen MR) is 79.8 cm³/mol. The Morgan fingerprint density at radius 2 is 1.76 bits per heavy atom. The Hall–Kier alpha value is -1.18. The van der Waals surface area contributed by atoms with Gasteiger partial charge in [0.05, 0.1) is 0 Å². The first-order valence-electron chi connectivity index (χ1n) is 6.78. The van der Waals surface area contributed by atoms with E-state index in [1.54, 1.807) is 0 Å². The van der Waals surface area contributed by atoms with Crippen LogP contribution in [0.15, 0.2) is 18.2 Å². The largest absolute Gasteiger partial charge is 0.399 e. The van der Waals surface area contributed by atoms with Crippen LogP contribution in [0, 0.1) is 0 Å². The van der Waals surface area contributed by atoms with Crippen molar-refractivity contribution < 1.29 is 0 Å². The van der Waals surface area contributed by atoms with Crippen molar-refractivity contribution >= 4 is 11.4 Å². The molecule has 2 N–H and O–H groups in total. The zero-order chi connectivity index (χ0) is 13.3. The molecule has 0 spiro atoms. The average molecular weight is 236 g/mol. The van der Waals surface area contributed by atoms with Gasteiger partial charge in [0.1, 0.15) is 0 Å². The third-order valence-electron chi connectivity index (χ3n) is 2.60. The molecule has 0 aliphatic heterocycles. The maximum absolute atomic E-state index is 5.83. The van der Waals surface area contributed by atoms with Crippen LogP contribution in [0.3, 0.4) is 0 Å². The molecule has 1 rings (SSSR count). The van der Waals surface area contributed by atoms with E-state index in [4.69, 9.17) is 5.73 Å². The highest BCUT2D eigenvalue weighted by Gasteiger charge is 2.06. The topological polar surface area (TPSA) is 29.3 Å². The molecular formula is C15H28N2. The lowest BCUT2D eigenvalue weighted by Gasteiger charge is -2.22. The van der Waals surface area contributed by atoms with Crippen LogP contribution in [0.2, 0.25) is 0 Å². The Balaban J connectivity index is 0.00000121. The molecular weight excluding hydrogens is 208 g/mol. The van der Waals surface area contributed by atoms with Crippen LogP contribution in [0.4, 0.5) is 11.4 Å². The molecule has 0 aromatic heterocycles. The Labute approximate surface area is 107 Å². The first kappa shape index (κ1) is 15.8. The van der Waals surface area contributed by atoms with Crippen LogP contribution in [-0.2, 0) is 6.42 Å². The molecule has 0 saturated heterocycles. The molecule has 0 saturated carbocycles. The summed E-state index contributed by atoms with van der Waals surface area (Å²) in [5.41, 5.74) is 9.38. The lowest BCUT2D eigenvalue weighted by Crippen LogP contribution is -2.19. The molecule has 0 bridgehead atoms. The van der Waals surface area contributed by atoms with E-state index < -0.39 is 0 Å². The van der Waals surface area contributed by atoms with Gasteiger partial charge in [-0.25, -0.2) is 0 Å². The fourth-order valence-electron chi connectivity index (χ4n) is 1.87. The molecule has 0 radical (unpaired) electrons. The number of anilines is 2. The Kier molecular flexibility index (Phi) is 8.29. The van der Waals surface area contributed by atoms with Gasteiger partial charge in [0.2, 0.25) is 0 Å². The van der Waals surface area contributed by atoms with E-state index in [2.05, 4.69) is 37.9 Å². The zero-order valence-electron chi connectivity index (χ0n) is 12.1. The summed E-state index contributed by atoms with van der Waals surface area (Å²) in [7, 11) is 2.14. The SMILES string of the molecule is CC.CCCc1ccc(N)cc1N(C)CCC. The molecule has 1 aromatic carbocycles. The molecule has 0 aliphatic rings. The number of hydrogen-bond donors (Lipinski definition) is 1. The Morgan fingerprint density at radius 1 is 1.12 bits per heavy atom. The Bertz CT molecular complexity index is 308. The maximum atomic E-state index is 5.83. The second-order valence-corrected chi connectivity index (χ2v) is 4.06. The van der Waals surface area contributed by atoms with Crippen LogP contribution in [-0.4, -0.2) is 13.6 Å². The van der Waals surface area contributed by atoms with Crippen LogP contribution in [0.25, 0.3) is 0 Å². The molecule has 17 heavy (non-hydrogen) atoms. The number of nitrogen functional groups attached to an aromatic ring is 1. The van der Waals surface area contributed by atoms with Crippen molar-refractivity contribution in [2.75, 3.05) is 24.2 Å². The van der Waals surface area contributed by atoms with Crippen molar-refractivity contribution in [3.8, 4) is 0 Å². The number of aryl methyl sites for hydroxylation is 1. The molecule has 0 aliphatic carbocycles. The summed E-state index contributed by atoms with van der Waals surface area (Å²) in [5, 5.41) is 0. The average Bonchev–Trinajstić information content (AvgIpc) is 2.34. The number of rotatable bonds is 5. The van der Waals surface area contributed by atoms with Crippen LogP contribution >= 0.6 is 0 Å². The third kappa shape index (κ3) is 5.12. The van der Waals surface area contributed by atoms with Crippen molar-refractivity contribution in [2.45, 2.75) is 47.0 Å². The first-order chi connectivity index (χ1) is 8.19. The first-order valence-corrected chi connectivity index (χ1v) is 6.78. The van der Waals surface area contributed by atoms with Crippen LogP contribution in [0.5, 0.6) is 0 Å². The van der Waals surface area contributed by atoms with Gasteiger partial charge in [-0.1, -0.05) is 40.2 Å². The summed E-state index contributed by atoms with van der Waals surface area (Å²) in [6, 6.07) is 6.23. The molecule has 0 atom stereocenters. The summed E-state index contributed by atoms with van der Waals surface area (Å²) < 4.78 is 0. The lowest BCUT2D eigenvalue weighted by atomic mass is 10.1. The van der Waals surface area contributed by atoms with Gasteiger partial charge in [0, 0.05) is 25.0 Å². The molecule has 98 valence electrons. The molecule has 1 aromatic rings. The highest BCUT2D eigenvalue weighted by molar-refractivity contribution is 5.61. The fourth-order valence-corrected chi connectivity index (χ4v) is 1.87. The van der Waals surface area contributed by atoms with Crippen molar-refractivity contribution in [2.24, 2.45) is 0 Å². The third-order valence-corrected chi connectivity index (χ3v) is 2.60. The fraction of sp³-hybridized carbons (Fsp3) is 0.600. The van der Waals surface area contributed by atoms with Crippen molar-refractivity contribution in [3.05, 3.63) is 23.8 Å². The standard InChI is InChI=1S/C13H22N2.C2H6/c1-4-6-11-7-8-12(14)10-13(11)15(3)9-5-2;1-2/h7-8,10H,4-6,9,14H2,1-3H3;1-2H3. The molecule has 0 fully saturated rings. The van der Waals surface area contributed by atoms with Crippen molar-refractivity contribution in [1.29, 1.82) is 0 Å². The van der Waals surface area contributed by atoms with Gasteiger partial charge >= 0.3 is 0 Å². The van der Waals surface area contributed by atoms with E-state index in [9.17, 15) is 0 Å². The van der Waals surface area contributed by atoms with Gasteiger partial charge in [0.15, 0.2) is 0 Å². The van der Waals surface area contributed by atoms with Gasteiger partial charge in [-0.05, 0) is 30.5 Å². The summed E-state index contributed by atoms with van der Waals surface area (Å²) >= 11 is 0. The van der Waals surface area contributed by atoms with Crippen LogP contribution < -0.4 is 10.6 Å². The van der Waals surface area contributed by atoms with E-state index >= 15 is 0 Å². The van der Waals surface area contributed by atoms with E-state index in [-0.39, 0.29) is 0 Å². The molecule has 2 heteroatoms. The number of nitrogens with zero attached hydrogens (tertiary/aromatic N) is 1. The van der Waals surface area contributed by atoms with E-state index in [1.165, 1.54) is 17.7 Å². The quantitative estimate of drug-likeness (QED) is 0.780. The molecule has 0 unspecified atom stereocenters. The smallest absolute Gasteiger partial charge is 0.0416 e. The minimum Gasteiger partial charge on any atom is -0.399 e. The summed E-state index contributed by atoms with van der Waals surface area (Å²) in [5.74, 6) is 0. The molecule has 0 amide bonds. The second-order valence-electron chi connectivity index (χ2n) is 4.06. The summed E-state index contributed by atoms with van der Waals surface area (Å²) in [6.07, 6.45) is 3.47. The van der Waals surface area contributed by atoms with Gasteiger partial charge in [-0.15, -0.1) is 0 Å². The van der Waals surface area contributed by atoms with E-state index in [0.29, 0.717) is 0 Å². The highest BCUT2D eigenvalue weighted by Crippen LogP contribution is 2.24. The van der Waals surface area contributed by atoms with Crippen LogP contribution in [0.1, 0.15) is 46.1 Å². The van der Waals surface area contributed by atoms with Gasteiger partial charge in [-0.3, -0.25) is 0 Å². The lowest BCUT2D eigenvalue weighted by molar-refractivity contribution is 0.835. The number of nitrogens with two attached hydrogens (primary N) is 1. The van der Waals surface area contributed by atoms with Crippen molar-refractivity contribution in [3.63, 3.8) is 0 Å². The second kappa shape index (κ2) is 8.91. The predicted octanol–water partition coefficient (Wildman–Crippen LogP) is 4.09. The number of hydrogen-bond acceptors (Lipinski definition) is 2. The van der Waals surface area contributed by atoms with Gasteiger partial charge < -0.3 is 10.6 Å². The molecule has 0 heterocycles. The minimum atomic E-state index is 0.854. The van der Waals surface area contributed by atoms with E-state index in [1.807, 2.05) is 19.9 Å². The van der Waals surface area contributed by atoms with Crippen molar-refractivity contribution in [1.82, 2.24) is 0 Å². The highest BCUT2D eigenvalue weighted by atomic mass is 15.1. The minimum absolute atomic E-state index is 0.854. The summed E-state index contributed by atoms with van der Waals surface area (Å²) in [6.45, 7) is 9.49. The maximum Gasteiger partial charge on any atom is 0.0416 e. The summed E-state index contributed by atoms with van der Waals surface area (Å²) in [4.78, 5) is 2.29. The van der Waals surface area contributed by atoms with Gasteiger partial charge in [0.25, 0.3) is 0 Å². The Morgan fingerprint density at radius 3 is 2.29 bits per heavy atom. The van der Waals surface area contributed by atoms with Gasteiger partial charge in [-0.2, -0.15) is 0 Å². The monoisotopic (exact) mass is 236 g/mol. The molecule has 2 nitrogen and oxygen atoms in total. The number of benzene rings is 1. The van der Waals surface area contributed by atoms with E-state index in [0.717, 1.165) is 25.1 Å². The zero-order valence-corrected chi connectivity index (χ0v) is 12.1. The normalized spacial score (nSPS) is 9.47.